The molecule has 0 unspecified atom stereocenters. The normalized spacial score (nSPS) is 22.5. The molecule has 22 heavy (non-hydrogen) atoms. The molecule has 0 amide bonds. The largest absolute Gasteiger partial charge is 0.481 e. The first-order valence-corrected chi connectivity index (χ1v) is 8.82. The van der Waals surface area contributed by atoms with Crippen LogP contribution in [0.4, 0.5) is 0 Å². The number of aliphatic carboxylic acids is 2. The molecule has 2 rings (SSSR count). The number of carbonyl (C=O) groups is 2. The van der Waals surface area contributed by atoms with Crippen LogP contribution in [0, 0.1) is 22.7 Å². The molecule has 0 aromatic heterocycles. The van der Waals surface area contributed by atoms with E-state index in [2.05, 4.69) is 0 Å². The molecule has 0 aliphatic heterocycles. The predicted molar refractivity (Wildman–Crippen MR) is 84.6 cm³/mol. The molecule has 0 aromatic carbocycles. The van der Waals surface area contributed by atoms with Crippen molar-refractivity contribution in [3.05, 3.63) is 0 Å². The molecule has 0 atom stereocenters. The van der Waals surface area contributed by atoms with Crippen LogP contribution < -0.4 is 0 Å². The van der Waals surface area contributed by atoms with Crippen molar-refractivity contribution < 1.29 is 19.8 Å². The first-order chi connectivity index (χ1) is 10.3. The smallest absolute Gasteiger partial charge is 0.311 e. The Balaban J connectivity index is 2.52. The molecule has 0 saturated heterocycles. The highest BCUT2D eigenvalue weighted by Gasteiger charge is 2.63. The Morgan fingerprint density at radius 1 is 0.727 bits per heavy atom. The molecule has 4 nitrogen and oxygen atoms in total. The van der Waals surface area contributed by atoms with Crippen LogP contribution in [0.1, 0.15) is 78.1 Å². The molecule has 0 radical (unpaired) electrons. The molecular formula is C18H30O4. The van der Waals surface area contributed by atoms with Crippen LogP contribution in [0.5, 0.6) is 0 Å². The lowest BCUT2D eigenvalue weighted by Gasteiger charge is -2.52. The van der Waals surface area contributed by atoms with Gasteiger partial charge in [-0.25, -0.2) is 0 Å². The van der Waals surface area contributed by atoms with E-state index in [1.54, 1.807) is 13.8 Å². The van der Waals surface area contributed by atoms with Gasteiger partial charge in [-0.3, -0.25) is 9.59 Å². The number of hydrogen-bond donors (Lipinski definition) is 2. The number of carboxylic acid groups (broad SMARTS) is 2. The highest BCUT2D eigenvalue weighted by molar-refractivity contribution is 5.86. The molecule has 2 fully saturated rings. The van der Waals surface area contributed by atoms with Gasteiger partial charge in [0.2, 0.25) is 0 Å². The highest BCUT2D eigenvalue weighted by Crippen LogP contribution is 2.58. The average Bonchev–Trinajstić information content (AvgIpc) is 2.49. The van der Waals surface area contributed by atoms with Crippen molar-refractivity contribution in [1.29, 1.82) is 0 Å². The fourth-order valence-corrected chi connectivity index (χ4v) is 5.26. The molecule has 2 aliphatic rings. The van der Waals surface area contributed by atoms with Gasteiger partial charge in [-0.05, 0) is 51.4 Å². The Morgan fingerprint density at radius 3 is 1.36 bits per heavy atom. The zero-order chi connectivity index (χ0) is 16.4. The van der Waals surface area contributed by atoms with E-state index >= 15 is 0 Å². The van der Waals surface area contributed by atoms with Gasteiger partial charge in [0.1, 0.15) is 0 Å². The first-order valence-electron chi connectivity index (χ1n) is 8.82. The Hall–Kier alpha value is -1.06. The highest BCUT2D eigenvalue weighted by atomic mass is 16.4. The molecule has 2 N–H and O–H groups in total. The van der Waals surface area contributed by atoms with Gasteiger partial charge in [0.15, 0.2) is 0 Å². The summed E-state index contributed by atoms with van der Waals surface area (Å²) in [7, 11) is 0. The summed E-state index contributed by atoms with van der Waals surface area (Å²) in [6, 6.07) is 0. The molecule has 0 heterocycles. The van der Waals surface area contributed by atoms with E-state index < -0.39 is 22.8 Å². The average molecular weight is 310 g/mol. The minimum atomic E-state index is -1.23. The predicted octanol–water partition coefficient (Wildman–Crippen LogP) is 4.33. The third-order valence-electron chi connectivity index (χ3n) is 6.42. The number of hydrogen-bond acceptors (Lipinski definition) is 2. The molecular weight excluding hydrogens is 280 g/mol. The molecule has 0 bridgehead atoms. The van der Waals surface area contributed by atoms with Crippen LogP contribution in [-0.4, -0.2) is 22.2 Å². The Morgan fingerprint density at radius 2 is 1.09 bits per heavy atom. The molecule has 126 valence electrons. The lowest BCUT2D eigenvalue weighted by Crippen LogP contribution is -2.58. The van der Waals surface area contributed by atoms with Gasteiger partial charge in [0.25, 0.3) is 0 Å². The first kappa shape index (κ1) is 17.3. The zero-order valence-corrected chi connectivity index (χ0v) is 13.9. The summed E-state index contributed by atoms with van der Waals surface area (Å²) in [5.41, 5.74) is -2.36. The van der Waals surface area contributed by atoms with Gasteiger partial charge < -0.3 is 10.2 Å². The summed E-state index contributed by atoms with van der Waals surface area (Å²) in [6.45, 7) is 3.29. The monoisotopic (exact) mass is 310 g/mol. The van der Waals surface area contributed by atoms with Crippen molar-refractivity contribution in [3.63, 3.8) is 0 Å². The van der Waals surface area contributed by atoms with Gasteiger partial charge in [0, 0.05) is 0 Å². The van der Waals surface area contributed by atoms with Crippen molar-refractivity contribution >= 4 is 11.9 Å². The molecule has 2 saturated carbocycles. The second-order valence-corrected chi connectivity index (χ2v) is 7.77. The van der Waals surface area contributed by atoms with Gasteiger partial charge in [0.05, 0.1) is 10.8 Å². The summed E-state index contributed by atoms with van der Waals surface area (Å²) in [4.78, 5) is 24.5. The van der Waals surface area contributed by atoms with Crippen molar-refractivity contribution in [2.75, 3.05) is 0 Å². The second-order valence-electron chi connectivity index (χ2n) is 7.77. The lowest BCUT2D eigenvalue weighted by atomic mass is 9.48. The number of rotatable bonds is 5. The Bertz CT molecular complexity index is 397. The van der Waals surface area contributed by atoms with Gasteiger partial charge in [-0.1, -0.05) is 38.5 Å². The molecule has 0 aromatic rings. The van der Waals surface area contributed by atoms with Gasteiger partial charge in [-0.2, -0.15) is 0 Å². The van der Waals surface area contributed by atoms with Crippen molar-refractivity contribution in [2.45, 2.75) is 78.1 Å². The van der Waals surface area contributed by atoms with Gasteiger partial charge in [-0.15, -0.1) is 0 Å². The third-order valence-corrected chi connectivity index (χ3v) is 6.42. The van der Waals surface area contributed by atoms with Crippen molar-refractivity contribution in [3.8, 4) is 0 Å². The summed E-state index contributed by atoms with van der Waals surface area (Å²) in [6.07, 6.45) is 9.85. The fourth-order valence-electron chi connectivity index (χ4n) is 5.26. The topological polar surface area (TPSA) is 74.6 Å². The van der Waals surface area contributed by atoms with Crippen LogP contribution in [0.25, 0.3) is 0 Å². The van der Waals surface area contributed by atoms with Crippen molar-refractivity contribution in [2.24, 2.45) is 22.7 Å². The lowest BCUT2D eigenvalue weighted by molar-refractivity contribution is -0.189. The third kappa shape index (κ3) is 2.65. The summed E-state index contributed by atoms with van der Waals surface area (Å²) in [5, 5.41) is 20.1. The minimum absolute atomic E-state index is 0.00653. The van der Waals surface area contributed by atoms with E-state index in [0.29, 0.717) is 0 Å². The minimum Gasteiger partial charge on any atom is -0.481 e. The van der Waals surface area contributed by atoms with Crippen LogP contribution in [0.3, 0.4) is 0 Å². The molecule has 4 heteroatoms. The van der Waals surface area contributed by atoms with E-state index in [0.717, 1.165) is 64.2 Å². The van der Waals surface area contributed by atoms with E-state index in [1.165, 1.54) is 0 Å². The number of carboxylic acids is 2. The Labute approximate surface area is 133 Å². The van der Waals surface area contributed by atoms with Crippen molar-refractivity contribution in [1.82, 2.24) is 0 Å². The maximum absolute atomic E-state index is 12.5. The van der Waals surface area contributed by atoms with Crippen LogP contribution >= 0.6 is 0 Å². The van der Waals surface area contributed by atoms with E-state index in [1.807, 2.05) is 0 Å². The summed E-state index contributed by atoms with van der Waals surface area (Å²) < 4.78 is 0. The van der Waals surface area contributed by atoms with E-state index in [9.17, 15) is 19.8 Å². The zero-order valence-electron chi connectivity index (χ0n) is 13.9. The maximum Gasteiger partial charge on any atom is 0.311 e. The van der Waals surface area contributed by atoms with Crippen LogP contribution in [0.2, 0.25) is 0 Å². The van der Waals surface area contributed by atoms with E-state index in [-0.39, 0.29) is 11.8 Å². The van der Waals surface area contributed by atoms with Crippen LogP contribution in [0.15, 0.2) is 0 Å². The SMILES string of the molecule is CC(C)(C(=O)O)C(C(=O)O)(C1CCCCC1)C1CCCCC1. The van der Waals surface area contributed by atoms with Gasteiger partial charge >= 0.3 is 11.9 Å². The summed E-state index contributed by atoms with van der Waals surface area (Å²) in [5.74, 6) is -1.86. The Kier molecular flexibility index (Phi) is 5.18. The molecule has 0 spiro atoms. The summed E-state index contributed by atoms with van der Waals surface area (Å²) >= 11 is 0. The standard InChI is InChI=1S/C18H30O4/c1-17(2,15(19)20)18(16(21)22,13-9-5-3-6-10-13)14-11-7-4-8-12-14/h13-14H,3-12H2,1-2H3,(H,19,20)(H,21,22). The maximum atomic E-state index is 12.5. The second kappa shape index (κ2) is 6.59. The molecule has 2 aliphatic carbocycles. The fraction of sp³-hybridized carbons (Fsp3) is 0.889. The van der Waals surface area contributed by atoms with E-state index in [4.69, 9.17) is 0 Å². The van der Waals surface area contributed by atoms with Crippen LogP contribution in [-0.2, 0) is 9.59 Å². The quantitative estimate of drug-likeness (QED) is 0.792.